The number of thiophene rings is 1. The Balaban J connectivity index is 1.62. The summed E-state index contributed by atoms with van der Waals surface area (Å²) in [6.45, 7) is 0. The van der Waals surface area contributed by atoms with Crippen molar-refractivity contribution in [3.8, 4) is 0 Å². The van der Waals surface area contributed by atoms with Gasteiger partial charge in [-0.15, -0.1) is 0 Å². The quantitative estimate of drug-likeness (QED) is 0.933. The predicted molar refractivity (Wildman–Crippen MR) is 82.1 cm³/mol. The molecule has 5 heteroatoms. The van der Waals surface area contributed by atoms with Crippen LogP contribution in [0.5, 0.6) is 0 Å². The number of ether oxygens (including phenoxy) is 1. The second-order valence-electron chi connectivity index (χ2n) is 6.59. The molecule has 3 fully saturated rings. The molecule has 1 aromatic heterocycles. The van der Waals surface area contributed by atoms with E-state index < -0.39 is 0 Å². The highest BCUT2D eigenvalue weighted by molar-refractivity contribution is 7.08. The van der Waals surface area contributed by atoms with Crippen LogP contribution in [-0.2, 0) is 9.53 Å². The first kappa shape index (κ1) is 13.7. The summed E-state index contributed by atoms with van der Waals surface area (Å²) in [7, 11) is 1.76. The third-order valence-electron chi connectivity index (χ3n) is 5.45. The van der Waals surface area contributed by atoms with Crippen molar-refractivity contribution in [3.05, 3.63) is 22.4 Å². The van der Waals surface area contributed by atoms with Gasteiger partial charge in [-0.2, -0.15) is 11.3 Å². The summed E-state index contributed by atoms with van der Waals surface area (Å²) >= 11 is 1.70. The SMILES string of the molecule is COC1CC(N2C(=O)C3(CCCC3)NC2c2ccsc2)C1. The Kier molecular flexibility index (Phi) is 3.32. The molecule has 2 saturated carbocycles. The standard InChI is InChI=1S/C16H22N2O2S/c1-20-13-8-12(9-13)18-14(11-4-7-21-10-11)17-16(15(18)19)5-2-3-6-16/h4,7,10,12-14,17H,2-3,5-6,8-9H2,1H3. The zero-order chi connectivity index (χ0) is 14.4. The maximum Gasteiger partial charge on any atom is 0.244 e. The molecule has 4 rings (SSSR count). The summed E-state index contributed by atoms with van der Waals surface area (Å²) in [5, 5.41) is 7.95. The molecule has 0 aromatic carbocycles. The summed E-state index contributed by atoms with van der Waals surface area (Å²) in [6, 6.07) is 2.48. The molecule has 0 radical (unpaired) electrons. The van der Waals surface area contributed by atoms with Gasteiger partial charge in [0.25, 0.3) is 0 Å². The van der Waals surface area contributed by atoms with E-state index in [2.05, 4.69) is 27.0 Å². The Bertz CT molecular complexity index is 518. The van der Waals surface area contributed by atoms with Gasteiger partial charge < -0.3 is 9.64 Å². The lowest BCUT2D eigenvalue weighted by atomic mass is 9.86. The third-order valence-corrected chi connectivity index (χ3v) is 6.15. The molecule has 4 nitrogen and oxygen atoms in total. The summed E-state index contributed by atoms with van der Waals surface area (Å²) in [5.41, 5.74) is 0.947. The number of hydrogen-bond donors (Lipinski definition) is 1. The molecule has 1 amide bonds. The van der Waals surface area contributed by atoms with E-state index in [1.54, 1.807) is 18.4 Å². The van der Waals surface area contributed by atoms with Crippen LogP contribution in [0.2, 0.25) is 0 Å². The van der Waals surface area contributed by atoms with Gasteiger partial charge in [0.05, 0.1) is 11.6 Å². The Hall–Kier alpha value is -0.910. The molecule has 1 unspecified atom stereocenters. The van der Waals surface area contributed by atoms with Crippen molar-refractivity contribution in [2.45, 2.75) is 62.4 Å². The van der Waals surface area contributed by atoms with E-state index in [0.717, 1.165) is 38.5 Å². The maximum absolute atomic E-state index is 13.1. The van der Waals surface area contributed by atoms with Gasteiger partial charge in [0.1, 0.15) is 6.17 Å². The minimum absolute atomic E-state index is 0.0599. The lowest BCUT2D eigenvalue weighted by Crippen LogP contribution is -2.51. The molecular weight excluding hydrogens is 284 g/mol. The number of rotatable bonds is 3. The molecule has 0 bridgehead atoms. The van der Waals surface area contributed by atoms with Crippen LogP contribution in [0, 0.1) is 0 Å². The molecule has 1 atom stereocenters. The fourth-order valence-electron chi connectivity index (χ4n) is 4.10. The number of hydrogen-bond acceptors (Lipinski definition) is 4. The van der Waals surface area contributed by atoms with E-state index in [1.807, 2.05) is 0 Å². The molecule has 21 heavy (non-hydrogen) atoms. The zero-order valence-corrected chi connectivity index (χ0v) is 13.2. The van der Waals surface area contributed by atoms with E-state index in [4.69, 9.17) is 4.74 Å². The molecular formula is C16H22N2O2S. The molecule has 1 aliphatic heterocycles. The Morgan fingerprint density at radius 3 is 2.76 bits per heavy atom. The van der Waals surface area contributed by atoms with Gasteiger partial charge in [-0.3, -0.25) is 10.1 Å². The smallest absolute Gasteiger partial charge is 0.244 e. The highest BCUT2D eigenvalue weighted by Gasteiger charge is 2.56. The van der Waals surface area contributed by atoms with Crippen LogP contribution in [0.3, 0.4) is 0 Å². The van der Waals surface area contributed by atoms with Crippen molar-refractivity contribution >= 4 is 17.2 Å². The first-order valence-corrected chi connectivity index (χ1v) is 8.83. The van der Waals surface area contributed by atoms with Gasteiger partial charge in [0.2, 0.25) is 5.91 Å². The lowest BCUT2D eigenvalue weighted by molar-refractivity contribution is -0.140. The molecule has 1 aromatic rings. The van der Waals surface area contributed by atoms with Crippen LogP contribution in [-0.4, -0.2) is 35.6 Å². The van der Waals surface area contributed by atoms with E-state index >= 15 is 0 Å². The van der Waals surface area contributed by atoms with Crippen molar-refractivity contribution in [1.29, 1.82) is 0 Å². The van der Waals surface area contributed by atoms with Crippen molar-refractivity contribution in [2.75, 3.05) is 7.11 Å². The third kappa shape index (κ3) is 2.05. The van der Waals surface area contributed by atoms with Gasteiger partial charge in [0, 0.05) is 13.2 Å². The predicted octanol–water partition coefficient (Wildman–Crippen LogP) is 2.67. The number of carbonyl (C=O) groups excluding carboxylic acids is 1. The summed E-state index contributed by atoms with van der Waals surface area (Å²) in [6.07, 6.45) is 6.63. The van der Waals surface area contributed by atoms with Crippen LogP contribution >= 0.6 is 11.3 Å². The van der Waals surface area contributed by atoms with Gasteiger partial charge >= 0.3 is 0 Å². The van der Waals surface area contributed by atoms with Crippen LogP contribution in [0.15, 0.2) is 16.8 Å². The molecule has 114 valence electrons. The van der Waals surface area contributed by atoms with Gasteiger partial charge in [-0.25, -0.2) is 0 Å². The average molecular weight is 306 g/mol. The average Bonchev–Trinajstić information content (AvgIpc) is 3.14. The molecule has 2 heterocycles. The highest BCUT2D eigenvalue weighted by atomic mass is 32.1. The van der Waals surface area contributed by atoms with Crippen molar-refractivity contribution < 1.29 is 9.53 Å². The fraction of sp³-hybridized carbons (Fsp3) is 0.688. The molecule has 2 aliphatic carbocycles. The largest absolute Gasteiger partial charge is 0.381 e. The topological polar surface area (TPSA) is 41.6 Å². The van der Waals surface area contributed by atoms with Crippen molar-refractivity contribution in [2.24, 2.45) is 0 Å². The fourth-order valence-corrected chi connectivity index (χ4v) is 4.78. The Labute approximate surface area is 129 Å². The first-order valence-electron chi connectivity index (χ1n) is 7.89. The number of nitrogens with one attached hydrogen (secondary N) is 1. The number of methoxy groups -OCH3 is 1. The van der Waals surface area contributed by atoms with Gasteiger partial charge in [0.15, 0.2) is 0 Å². The summed E-state index contributed by atoms with van der Waals surface area (Å²) in [4.78, 5) is 15.2. The minimum atomic E-state index is -0.287. The number of nitrogens with zero attached hydrogens (tertiary/aromatic N) is 1. The Morgan fingerprint density at radius 2 is 2.14 bits per heavy atom. The lowest BCUT2D eigenvalue weighted by Gasteiger charge is -2.42. The van der Waals surface area contributed by atoms with E-state index in [0.29, 0.717) is 18.1 Å². The number of amides is 1. The summed E-state index contributed by atoms with van der Waals surface area (Å²) in [5.74, 6) is 0.329. The van der Waals surface area contributed by atoms with E-state index in [1.165, 1.54) is 5.56 Å². The second kappa shape index (κ2) is 5.07. The Morgan fingerprint density at radius 1 is 1.38 bits per heavy atom. The summed E-state index contributed by atoms with van der Waals surface area (Å²) < 4.78 is 5.40. The second-order valence-corrected chi connectivity index (χ2v) is 7.37. The van der Waals surface area contributed by atoms with Gasteiger partial charge in [-0.1, -0.05) is 12.8 Å². The van der Waals surface area contributed by atoms with Crippen LogP contribution in [0.25, 0.3) is 0 Å². The minimum Gasteiger partial charge on any atom is -0.381 e. The van der Waals surface area contributed by atoms with Crippen LogP contribution in [0.1, 0.15) is 50.3 Å². The molecule has 1 saturated heterocycles. The van der Waals surface area contributed by atoms with Crippen LogP contribution < -0.4 is 5.32 Å². The van der Waals surface area contributed by atoms with Crippen LogP contribution in [0.4, 0.5) is 0 Å². The highest BCUT2D eigenvalue weighted by Crippen LogP contribution is 2.45. The molecule has 1 spiro atoms. The number of carbonyl (C=O) groups is 1. The maximum atomic E-state index is 13.1. The molecule has 3 aliphatic rings. The van der Waals surface area contributed by atoms with Gasteiger partial charge in [-0.05, 0) is 48.1 Å². The van der Waals surface area contributed by atoms with Crippen molar-refractivity contribution in [3.63, 3.8) is 0 Å². The monoisotopic (exact) mass is 306 g/mol. The van der Waals surface area contributed by atoms with Crippen molar-refractivity contribution in [1.82, 2.24) is 10.2 Å². The molecule has 1 N–H and O–H groups in total. The van der Waals surface area contributed by atoms with E-state index in [-0.39, 0.29) is 11.7 Å². The van der Waals surface area contributed by atoms with E-state index in [9.17, 15) is 4.79 Å². The normalized spacial score (nSPS) is 34.6. The first-order chi connectivity index (χ1) is 10.2. The zero-order valence-electron chi connectivity index (χ0n) is 12.4.